The largest absolute Gasteiger partial charge is 0.481 e. The van der Waals surface area contributed by atoms with E-state index >= 15 is 0 Å². The van der Waals surface area contributed by atoms with E-state index in [0.29, 0.717) is 25.4 Å². The lowest BCUT2D eigenvalue weighted by molar-refractivity contribution is -0.137. The topological polar surface area (TPSA) is 87.7 Å². The number of amides is 2. The first kappa shape index (κ1) is 15.8. The number of hydrogen-bond donors (Lipinski definition) is 3. The third kappa shape index (κ3) is 7.66. The number of carbonyl (C=O) groups is 2. The normalized spacial score (nSPS) is 19.9. The molecule has 0 aromatic carbocycles. The van der Waals surface area contributed by atoms with Gasteiger partial charge in [0.05, 0.1) is 6.10 Å². The van der Waals surface area contributed by atoms with Crippen molar-refractivity contribution in [2.24, 2.45) is 5.92 Å². The van der Waals surface area contributed by atoms with Gasteiger partial charge in [-0.3, -0.25) is 4.79 Å². The monoisotopic (exact) mass is 272 g/mol. The molecule has 19 heavy (non-hydrogen) atoms. The molecule has 0 spiro atoms. The molecule has 110 valence electrons. The molecule has 6 heteroatoms. The van der Waals surface area contributed by atoms with E-state index in [2.05, 4.69) is 10.6 Å². The number of hydrogen-bond acceptors (Lipinski definition) is 3. The predicted octanol–water partition coefficient (Wildman–Crippen LogP) is 1.36. The summed E-state index contributed by atoms with van der Waals surface area (Å²) in [5, 5.41) is 14.1. The van der Waals surface area contributed by atoms with Gasteiger partial charge in [0.1, 0.15) is 0 Å². The zero-order chi connectivity index (χ0) is 14.1. The summed E-state index contributed by atoms with van der Waals surface area (Å²) in [5.41, 5.74) is 0. The second-order valence-corrected chi connectivity index (χ2v) is 5.10. The first-order chi connectivity index (χ1) is 9.08. The molecule has 1 saturated heterocycles. The Morgan fingerprint density at radius 2 is 2.16 bits per heavy atom. The Hall–Kier alpha value is -1.30. The zero-order valence-electron chi connectivity index (χ0n) is 11.5. The molecule has 0 aromatic rings. The molecule has 3 N–H and O–H groups in total. The van der Waals surface area contributed by atoms with Crippen LogP contribution in [-0.2, 0) is 9.53 Å². The van der Waals surface area contributed by atoms with Crippen LogP contribution in [0.5, 0.6) is 0 Å². The summed E-state index contributed by atoms with van der Waals surface area (Å²) >= 11 is 0. The molecule has 1 aliphatic rings. The third-order valence-corrected chi connectivity index (χ3v) is 3.29. The Morgan fingerprint density at radius 3 is 2.79 bits per heavy atom. The number of aliphatic carboxylic acids is 1. The van der Waals surface area contributed by atoms with Crippen molar-refractivity contribution in [3.63, 3.8) is 0 Å². The summed E-state index contributed by atoms with van der Waals surface area (Å²) in [6.07, 6.45) is 3.85. The van der Waals surface area contributed by atoms with Crippen LogP contribution in [0.25, 0.3) is 0 Å². The lowest BCUT2D eigenvalue weighted by Crippen LogP contribution is -2.40. The van der Waals surface area contributed by atoms with Gasteiger partial charge in [0.2, 0.25) is 0 Å². The molecule has 2 unspecified atom stereocenters. The van der Waals surface area contributed by atoms with E-state index in [4.69, 9.17) is 9.84 Å². The Labute approximate surface area is 113 Å². The van der Waals surface area contributed by atoms with Crippen molar-refractivity contribution >= 4 is 12.0 Å². The van der Waals surface area contributed by atoms with Crippen LogP contribution in [0, 0.1) is 5.92 Å². The van der Waals surface area contributed by atoms with Gasteiger partial charge < -0.3 is 20.5 Å². The third-order valence-electron chi connectivity index (χ3n) is 3.29. The number of urea groups is 1. The highest BCUT2D eigenvalue weighted by molar-refractivity contribution is 5.73. The molecule has 1 heterocycles. The first-order valence-corrected chi connectivity index (χ1v) is 6.93. The molecular formula is C13H24N2O4. The second-order valence-electron chi connectivity index (χ2n) is 5.10. The summed E-state index contributed by atoms with van der Waals surface area (Å²) in [7, 11) is 0. The van der Waals surface area contributed by atoms with Crippen molar-refractivity contribution in [1.82, 2.24) is 10.6 Å². The molecule has 0 aromatic heterocycles. The summed E-state index contributed by atoms with van der Waals surface area (Å²) in [5.74, 6) is -0.469. The van der Waals surface area contributed by atoms with Gasteiger partial charge in [-0.05, 0) is 31.6 Å². The van der Waals surface area contributed by atoms with E-state index in [1.165, 1.54) is 0 Å². The van der Waals surface area contributed by atoms with Gasteiger partial charge in [0, 0.05) is 26.1 Å². The summed E-state index contributed by atoms with van der Waals surface area (Å²) in [6.45, 7) is 3.91. The van der Waals surface area contributed by atoms with Crippen LogP contribution in [-0.4, -0.2) is 42.9 Å². The maximum atomic E-state index is 11.5. The minimum atomic E-state index is -0.769. The Kier molecular flexibility index (Phi) is 7.25. The SMILES string of the molecule is CC(CCNC(=O)NCC1CCCO1)CCC(=O)O. The number of carboxylic acid groups (broad SMARTS) is 1. The fourth-order valence-electron chi connectivity index (χ4n) is 2.02. The van der Waals surface area contributed by atoms with E-state index in [1.54, 1.807) is 0 Å². The fraction of sp³-hybridized carbons (Fsp3) is 0.846. The van der Waals surface area contributed by atoms with E-state index in [1.807, 2.05) is 6.92 Å². The molecule has 0 bridgehead atoms. The first-order valence-electron chi connectivity index (χ1n) is 6.93. The van der Waals surface area contributed by atoms with E-state index < -0.39 is 5.97 Å². The van der Waals surface area contributed by atoms with Crippen LogP contribution in [0.1, 0.15) is 39.0 Å². The highest BCUT2D eigenvalue weighted by atomic mass is 16.5. The van der Waals surface area contributed by atoms with E-state index in [0.717, 1.165) is 25.9 Å². The molecule has 2 amide bonds. The quantitative estimate of drug-likeness (QED) is 0.622. The van der Waals surface area contributed by atoms with Gasteiger partial charge >= 0.3 is 12.0 Å². The van der Waals surface area contributed by atoms with Crippen molar-refractivity contribution < 1.29 is 19.4 Å². The Balaban J connectivity index is 1.98. The van der Waals surface area contributed by atoms with E-state index in [-0.39, 0.29) is 18.6 Å². The minimum Gasteiger partial charge on any atom is -0.481 e. The molecule has 1 fully saturated rings. The number of ether oxygens (including phenoxy) is 1. The molecule has 0 radical (unpaired) electrons. The van der Waals surface area contributed by atoms with Crippen molar-refractivity contribution in [2.45, 2.75) is 45.1 Å². The molecule has 0 saturated carbocycles. The maximum Gasteiger partial charge on any atom is 0.314 e. The fourth-order valence-corrected chi connectivity index (χ4v) is 2.02. The summed E-state index contributed by atoms with van der Waals surface area (Å²) in [6, 6.07) is -0.180. The number of carboxylic acids is 1. The van der Waals surface area contributed by atoms with Gasteiger partial charge in [0.15, 0.2) is 0 Å². The van der Waals surface area contributed by atoms with Gasteiger partial charge in [-0.15, -0.1) is 0 Å². The van der Waals surface area contributed by atoms with Crippen LogP contribution in [0.4, 0.5) is 4.79 Å². The van der Waals surface area contributed by atoms with Crippen LogP contribution in [0.2, 0.25) is 0 Å². The molecular weight excluding hydrogens is 248 g/mol. The second kappa shape index (κ2) is 8.74. The van der Waals surface area contributed by atoms with Crippen LogP contribution in [0.15, 0.2) is 0 Å². The van der Waals surface area contributed by atoms with Crippen molar-refractivity contribution in [3.05, 3.63) is 0 Å². The Morgan fingerprint density at radius 1 is 1.37 bits per heavy atom. The zero-order valence-corrected chi connectivity index (χ0v) is 11.5. The highest BCUT2D eigenvalue weighted by Crippen LogP contribution is 2.10. The van der Waals surface area contributed by atoms with Crippen LogP contribution in [0.3, 0.4) is 0 Å². The lowest BCUT2D eigenvalue weighted by atomic mass is 10.0. The molecule has 1 rings (SSSR count). The summed E-state index contributed by atoms with van der Waals surface area (Å²) < 4.78 is 5.40. The van der Waals surface area contributed by atoms with Crippen molar-refractivity contribution in [2.75, 3.05) is 19.7 Å². The maximum absolute atomic E-state index is 11.5. The molecule has 1 aliphatic heterocycles. The van der Waals surface area contributed by atoms with Crippen molar-refractivity contribution in [3.8, 4) is 0 Å². The number of rotatable bonds is 8. The average Bonchev–Trinajstić information content (AvgIpc) is 2.87. The van der Waals surface area contributed by atoms with Gasteiger partial charge in [-0.2, -0.15) is 0 Å². The van der Waals surface area contributed by atoms with Crippen molar-refractivity contribution in [1.29, 1.82) is 0 Å². The lowest BCUT2D eigenvalue weighted by Gasteiger charge is -2.13. The number of nitrogens with one attached hydrogen (secondary N) is 2. The standard InChI is InChI=1S/C13H24N2O4/c1-10(4-5-12(16)17)6-7-14-13(18)15-9-11-3-2-8-19-11/h10-11H,2-9H2,1H3,(H,16,17)(H2,14,15,18). The minimum absolute atomic E-state index is 0.153. The predicted molar refractivity (Wildman–Crippen MR) is 71.0 cm³/mol. The van der Waals surface area contributed by atoms with Gasteiger partial charge in [-0.25, -0.2) is 4.79 Å². The van der Waals surface area contributed by atoms with Gasteiger partial charge in [-0.1, -0.05) is 6.92 Å². The Bertz CT molecular complexity index is 290. The van der Waals surface area contributed by atoms with Gasteiger partial charge in [0.25, 0.3) is 0 Å². The van der Waals surface area contributed by atoms with E-state index in [9.17, 15) is 9.59 Å². The molecule has 0 aliphatic carbocycles. The van der Waals surface area contributed by atoms with Crippen LogP contribution < -0.4 is 10.6 Å². The molecule has 2 atom stereocenters. The highest BCUT2D eigenvalue weighted by Gasteiger charge is 2.15. The number of carbonyl (C=O) groups excluding carboxylic acids is 1. The average molecular weight is 272 g/mol. The summed E-state index contributed by atoms with van der Waals surface area (Å²) in [4.78, 5) is 21.9. The van der Waals surface area contributed by atoms with Crippen LogP contribution >= 0.6 is 0 Å². The molecule has 6 nitrogen and oxygen atoms in total. The smallest absolute Gasteiger partial charge is 0.314 e.